The van der Waals surface area contributed by atoms with Crippen molar-refractivity contribution in [2.24, 2.45) is 4.99 Å². The average molecular weight is 469 g/mol. The van der Waals surface area contributed by atoms with Gasteiger partial charge in [-0.3, -0.25) is 0 Å². The Hall–Kier alpha value is -4.13. The van der Waals surface area contributed by atoms with Crippen LogP contribution in [0, 0.1) is 0 Å². The molecular weight excluding hydrogens is 436 g/mol. The van der Waals surface area contributed by atoms with E-state index in [1.807, 2.05) is 25.3 Å². The maximum absolute atomic E-state index is 6.08. The number of benzene rings is 1. The second-order valence-corrected chi connectivity index (χ2v) is 8.72. The minimum atomic E-state index is 0.335. The second-order valence-electron chi connectivity index (χ2n) is 8.72. The fourth-order valence-electron chi connectivity index (χ4n) is 4.07. The smallest absolute Gasteiger partial charge is 0.147 e. The molecule has 180 valence electrons. The predicted octanol–water partition coefficient (Wildman–Crippen LogP) is 4.75. The number of aliphatic imine (C=N–C) groups is 1. The summed E-state index contributed by atoms with van der Waals surface area (Å²) >= 11 is 0. The van der Waals surface area contributed by atoms with Crippen molar-refractivity contribution in [2.45, 2.75) is 39.8 Å². The van der Waals surface area contributed by atoms with Gasteiger partial charge in [0.2, 0.25) is 0 Å². The number of aromatic nitrogens is 2. The highest BCUT2D eigenvalue weighted by atomic mass is 16.5. The van der Waals surface area contributed by atoms with Crippen molar-refractivity contribution in [3.63, 3.8) is 0 Å². The Kier molecular flexibility index (Phi) is 7.15. The highest BCUT2D eigenvalue weighted by molar-refractivity contribution is 6.17. The van der Waals surface area contributed by atoms with E-state index < -0.39 is 0 Å². The summed E-state index contributed by atoms with van der Waals surface area (Å²) in [7, 11) is 1.80. The third-order valence-electron chi connectivity index (χ3n) is 5.95. The van der Waals surface area contributed by atoms with E-state index >= 15 is 0 Å². The van der Waals surface area contributed by atoms with Crippen molar-refractivity contribution in [3.05, 3.63) is 107 Å². The van der Waals surface area contributed by atoms with Gasteiger partial charge in [-0.05, 0) is 53.8 Å². The summed E-state index contributed by atoms with van der Waals surface area (Å²) in [5.41, 5.74) is 7.16. The average Bonchev–Trinajstić information content (AvgIpc) is 3.27. The Balaban J connectivity index is 1.91. The van der Waals surface area contributed by atoms with Crippen molar-refractivity contribution in [1.29, 1.82) is 0 Å². The monoisotopic (exact) mass is 468 g/mol. The van der Waals surface area contributed by atoms with Crippen LogP contribution in [0.25, 0.3) is 11.6 Å². The van der Waals surface area contributed by atoms with Gasteiger partial charge in [-0.25, -0.2) is 15.0 Å². The van der Waals surface area contributed by atoms with Gasteiger partial charge in [0.1, 0.15) is 29.8 Å². The standard InChI is InChI=1S/C28H32N6O/c1-7-23-13-21-12-20(8-9-24(21)17(2)3)25-14-32-28(33-19(5)29-6)27(25)18(4)31-15-26-30-11-10-22(34-26)16-35-23/h7-14,17,29,31H,1,5,15-16H2,2-4,6H3,(H,32,33)/b23-13+,27-18+. The Morgan fingerprint density at radius 2 is 2.11 bits per heavy atom. The van der Waals surface area contributed by atoms with Crippen LogP contribution in [0.3, 0.4) is 0 Å². The Bertz CT molecular complexity index is 1280. The first-order valence-corrected chi connectivity index (χ1v) is 11.7. The van der Waals surface area contributed by atoms with Crippen LogP contribution in [-0.2, 0) is 17.9 Å². The van der Waals surface area contributed by atoms with Crippen LogP contribution in [0.1, 0.15) is 54.9 Å². The number of allylic oxidation sites excluding steroid dienone is 2. The summed E-state index contributed by atoms with van der Waals surface area (Å²) in [5, 5.41) is 9.81. The molecule has 7 nitrogen and oxygen atoms in total. The van der Waals surface area contributed by atoms with Crippen molar-refractivity contribution >= 4 is 17.5 Å². The lowest BCUT2D eigenvalue weighted by Gasteiger charge is -2.16. The number of fused-ring (bicyclic) bond motifs is 6. The molecule has 1 aromatic carbocycles. The summed E-state index contributed by atoms with van der Waals surface area (Å²) < 4.78 is 6.08. The second kappa shape index (κ2) is 10.4. The maximum Gasteiger partial charge on any atom is 0.147 e. The topological polar surface area (TPSA) is 83.5 Å². The molecule has 0 unspecified atom stereocenters. The van der Waals surface area contributed by atoms with Crippen molar-refractivity contribution in [2.75, 3.05) is 7.05 Å². The molecule has 0 aliphatic carbocycles. The maximum atomic E-state index is 6.08. The van der Waals surface area contributed by atoms with Crippen LogP contribution in [0.15, 0.2) is 83.7 Å². The predicted molar refractivity (Wildman–Crippen MR) is 142 cm³/mol. The number of ether oxygens (including phenoxy) is 1. The molecule has 0 spiro atoms. The summed E-state index contributed by atoms with van der Waals surface area (Å²) in [6.45, 7) is 15.2. The normalized spacial score (nSPS) is 20.2. The van der Waals surface area contributed by atoms with E-state index in [1.165, 1.54) is 5.56 Å². The van der Waals surface area contributed by atoms with Crippen LogP contribution >= 0.6 is 0 Å². The van der Waals surface area contributed by atoms with Crippen molar-refractivity contribution in [3.8, 4) is 0 Å². The van der Waals surface area contributed by atoms with E-state index in [0.717, 1.165) is 39.5 Å². The van der Waals surface area contributed by atoms with Gasteiger partial charge < -0.3 is 20.7 Å². The number of nitrogens with zero attached hydrogens (tertiary/aromatic N) is 3. The summed E-state index contributed by atoms with van der Waals surface area (Å²) in [6.07, 6.45) is 7.52. The lowest BCUT2D eigenvalue weighted by atomic mass is 9.90. The van der Waals surface area contributed by atoms with E-state index in [9.17, 15) is 0 Å². The molecule has 2 aliphatic rings. The molecule has 2 aliphatic heterocycles. The van der Waals surface area contributed by atoms with Crippen LogP contribution in [0.5, 0.6) is 0 Å². The zero-order chi connectivity index (χ0) is 24.9. The van der Waals surface area contributed by atoms with Crippen LogP contribution in [0.2, 0.25) is 0 Å². The van der Waals surface area contributed by atoms with Crippen LogP contribution in [0.4, 0.5) is 0 Å². The zero-order valence-corrected chi connectivity index (χ0v) is 20.8. The number of amidine groups is 1. The SMILES string of the molecule is C=C/C1=C\c2cc(ccc2C(C)C)C2=CNC(=N/C(=C)NC)/C2=C(\C)NCc2nccc(n2)CO1. The van der Waals surface area contributed by atoms with E-state index in [1.54, 1.807) is 19.3 Å². The molecule has 0 amide bonds. The molecule has 0 saturated heterocycles. The minimum Gasteiger partial charge on any atom is -0.487 e. The fraction of sp³-hybridized carbons (Fsp3) is 0.250. The molecule has 0 atom stereocenters. The molecule has 7 heteroatoms. The first-order valence-electron chi connectivity index (χ1n) is 11.7. The van der Waals surface area contributed by atoms with Gasteiger partial charge in [0.05, 0.1) is 12.2 Å². The first-order chi connectivity index (χ1) is 16.9. The first kappa shape index (κ1) is 24.0. The lowest BCUT2D eigenvalue weighted by molar-refractivity contribution is 0.210. The molecule has 4 bridgehead atoms. The molecule has 4 rings (SSSR count). The van der Waals surface area contributed by atoms with E-state index in [-0.39, 0.29) is 0 Å². The zero-order valence-electron chi connectivity index (χ0n) is 20.8. The molecular formula is C28H32N6O. The molecule has 1 aromatic heterocycles. The third-order valence-corrected chi connectivity index (χ3v) is 5.95. The van der Waals surface area contributed by atoms with Gasteiger partial charge in [-0.1, -0.05) is 39.1 Å². The van der Waals surface area contributed by atoms with Crippen molar-refractivity contribution < 1.29 is 4.74 Å². The Morgan fingerprint density at radius 3 is 2.86 bits per heavy atom. The molecule has 0 fully saturated rings. The van der Waals surface area contributed by atoms with Gasteiger partial charge in [0, 0.05) is 36.3 Å². The highest BCUT2D eigenvalue weighted by Crippen LogP contribution is 2.33. The molecule has 3 heterocycles. The van der Waals surface area contributed by atoms with Gasteiger partial charge in [-0.15, -0.1) is 0 Å². The van der Waals surface area contributed by atoms with Crippen LogP contribution in [-0.4, -0.2) is 22.9 Å². The quantitative estimate of drug-likeness (QED) is 0.600. The Labute approximate surface area is 207 Å². The number of nitrogens with one attached hydrogen (secondary N) is 3. The van der Waals surface area contributed by atoms with E-state index in [2.05, 4.69) is 76.1 Å². The highest BCUT2D eigenvalue weighted by Gasteiger charge is 2.24. The molecule has 2 aromatic rings. The van der Waals surface area contributed by atoms with E-state index in [0.29, 0.717) is 36.5 Å². The summed E-state index contributed by atoms with van der Waals surface area (Å²) in [6, 6.07) is 8.39. The summed E-state index contributed by atoms with van der Waals surface area (Å²) in [4.78, 5) is 13.7. The molecule has 35 heavy (non-hydrogen) atoms. The van der Waals surface area contributed by atoms with Gasteiger partial charge in [0.25, 0.3) is 0 Å². The summed E-state index contributed by atoms with van der Waals surface area (Å²) in [5.74, 6) is 3.01. The van der Waals surface area contributed by atoms with E-state index in [4.69, 9.17) is 4.74 Å². The third kappa shape index (κ3) is 5.35. The largest absolute Gasteiger partial charge is 0.487 e. The Morgan fingerprint density at radius 1 is 1.29 bits per heavy atom. The van der Waals surface area contributed by atoms with Gasteiger partial charge in [0.15, 0.2) is 0 Å². The van der Waals surface area contributed by atoms with Gasteiger partial charge >= 0.3 is 0 Å². The fourth-order valence-corrected chi connectivity index (χ4v) is 4.07. The van der Waals surface area contributed by atoms with Crippen molar-refractivity contribution in [1.82, 2.24) is 25.9 Å². The van der Waals surface area contributed by atoms with Crippen LogP contribution < -0.4 is 16.0 Å². The minimum absolute atomic E-state index is 0.335. The molecule has 0 saturated carbocycles. The number of hydrogen-bond donors (Lipinski definition) is 3. The number of hydrogen-bond acceptors (Lipinski definition) is 6. The van der Waals surface area contributed by atoms with Gasteiger partial charge in [-0.2, -0.15) is 0 Å². The molecule has 3 N–H and O–H groups in total. The number of rotatable bonds is 4. The lowest BCUT2D eigenvalue weighted by Crippen LogP contribution is -2.22. The molecule has 0 radical (unpaired) electrons.